The molecule has 0 bridgehead atoms. The number of hydrogen-bond donors (Lipinski definition) is 1. The second kappa shape index (κ2) is 4.00. The Bertz CT molecular complexity index is 506. The van der Waals surface area contributed by atoms with E-state index >= 15 is 0 Å². The summed E-state index contributed by atoms with van der Waals surface area (Å²) in [6.45, 7) is 0.963. The van der Waals surface area contributed by atoms with Crippen LogP contribution in [0.3, 0.4) is 0 Å². The number of hydrogen-bond acceptors (Lipinski definition) is 2. The quantitative estimate of drug-likeness (QED) is 0.798. The molecule has 1 aliphatic heterocycles. The largest absolute Gasteiger partial charge is 0.305 e. The Balaban J connectivity index is 2.04. The Hall–Kier alpha value is -1.19. The van der Waals surface area contributed by atoms with Crippen LogP contribution in [0.5, 0.6) is 0 Å². The van der Waals surface area contributed by atoms with E-state index in [0.29, 0.717) is 0 Å². The molecule has 1 N–H and O–H groups in total. The van der Waals surface area contributed by atoms with Gasteiger partial charge in [-0.25, -0.2) is 4.39 Å². The third-order valence-electron chi connectivity index (χ3n) is 2.97. The van der Waals surface area contributed by atoms with E-state index in [0.717, 1.165) is 18.5 Å². The van der Waals surface area contributed by atoms with Crippen LogP contribution in [0.25, 0.3) is 0 Å². The zero-order valence-electron chi connectivity index (χ0n) is 8.74. The zero-order valence-corrected chi connectivity index (χ0v) is 9.56. The summed E-state index contributed by atoms with van der Waals surface area (Å²) < 4.78 is 13.2. The minimum Gasteiger partial charge on any atom is -0.305 e. The lowest BCUT2D eigenvalue weighted by atomic mass is 9.98. The van der Waals surface area contributed by atoms with Gasteiger partial charge in [-0.3, -0.25) is 0 Å². The van der Waals surface area contributed by atoms with Gasteiger partial charge in [0.1, 0.15) is 5.82 Å². The monoisotopic (exact) mass is 233 g/mol. The van der Waals surface area contributed by atoms with Crippen LogP contribution in [0.15, 0.2) is 35.7 Å². The molecule has 16 heavy (non-hydrogen) atoms. The highest BCUT2D eigenvalue weighted by Gasteiger charge is 2.22. The summed E-state index contributed by atoms with van der Waals surface area (Å²) in [5.41, 5.74) is 2.42. The molecule has 1 aromatic carbocycles. The second-order valence-corrected chi connectivity index (χ2v) is 4.95. The molecule has 1 aromatic heterocycles. The Morgan fingerprint density at radius 1 is 1.31 bits per heavy atom. The first-order valence-corrected chi connectivity index (χ1v) is 6.27. The Morgan fingerprint density at radius 2 is 2.25 bits per heavy atom. The summed E-state index contributed by atoms with van der Waals surface area (Å²) >= 11 is 1.75. The molecule has 0 spiro atoms. The normalized spacial score (nSPS) is 19.4. The Kier molecular flexibility index (Phi) is 2.50. The molecule has 1 aliphatic rings. The van der Waals surface area contributed by atoms with Crippen molar-refractivity contribution < 1.29 is 4.39 Å². The van der Waals surface area contributed by atoms with E-state index in [2.05, 4.69) is 16.8 Å². The van der Waals surface area contributed by atoms with Crippen LogP contribution >= 0.6 is 11.3 Å². The van der Waals surface area contributed by atoms with E-state index in [1.807, 2.05) is 6.07 Å². The van der Waals surface area contributed by atoms with Crippen molar-refractivity contribution in [3.8, 4) is 0 Å². The van der Waals surface area contributed by atoms with Crippen LogP contribution in [0.1, 0.15) is 22.0 Å². The van der Waals surface area contributed by atoms with Gasteiger partial charge in [-0.05, 0) is 41.1 Å². The SMILES string of the molecule is Fc1cccc(C2NCCc3ccsc32)c1. The highest BCUT2D eigenvalue weighted by atomic mass is 32.1. The van der Waals surface area contributed by atoms with Crippen LogP contribution in [0.4, 0.5) is 4.39 Å². The standard InChI is InChI=1S/C13H12FNS/c14-11-3-1-2-10(8-11)12-13-9(4-6-15-12)5-7-16-13/h1-3,5,7-8,12,15H,4,6H2. The minimum absolute atomic E-state index is 0.164. The van der Waals surface area contributed by atoms with Crippen molar-refractivity contribution in [2.75, 3.05) is 6.54 Å². The molecular weight excluding hydrogens is 221 g/mol. The van der Waals surface area contributed by atoms with Crippen molar-refractivity contribution in [2.45, 2.75) is 12.5 Å². The topological polar surface area (TPSA) is 12.0 Å². The molecule has 3 rings (SSSR count). The fraction of sp³-hybridized carbons (Fsp3) is 0.231. The van der Waals surface area contributed by atoms with Gasteiger partial charge < -0.3 is 5.32 Å². The van der Waals surface area contributed by atoms with Gasteiger partial charge in [0.2, 0.25) is 0 Å². The molecule has 0 fully saturated rings. The molecule has 0 radical (unpaired) electrons. The molecule has 1 atom stereocenters. The molecule has 82 valence electrons. The maximum atomic E-state index is 13.2. The predicted molar refractivity (Wildman–Crippen MR) is 64.3 cm³/mol. The van der Waals surface area contributed by atoms with Gasteiger partial charge in [0, 0.05) is 11.4 Å². The Morgan fingerprint density at radius 3 is 3.12 bits per heavy atom. The van der Waals surface area contributed by atoms with Gasteiger partial charge >= 0.3 is 0 Å². The maximum Gasteiger partial charge on any atom is 0.123 e. The summed E-state index contributed by atoms with van der Waals surface area (Å²) in [7, 11) is 0. The smallest absolute Gasteiger partial charge is 0.123 e. The third-order valence-corrected chi connectivity index (χ3v) is 3.99. The second-order valence-electron chi connectivity index (χ2n) is 4.00. The van der Waals surface area contributed by atoms with E-state index < -0.39 is 0 Å². The van der Waals surface area contributed by atoms with Crippen LogP contribution in [0, 0.1) is 5.82 Å². The fourth-order valence-corrected chi connectivity index (χ4v) is 3.26. The van der Waals surface area contributed by atoms with Gasteiger partial charge in [0.15, 0.2) is 0 Å². The third kappa shape index (κ3) is 1.66. The number of thiophene rings is 1. The lowest BCUT2D eigenvalue weighted by Crippen LogP contribution is -2.29. The lowest BCUT2D eigenvalue weighted by Gasteiger charge is -2.24. The number of rotatable bonds is 1. The van der Waals surface area contributed by atoms with Crippen molar-refractivity contribution >= 4 is 11.3 Å². The van der Waals surface area contributed by atoms with Gasteiger partial charge in [-0.1, -0.05) is 12.1 Å². The fourth-order valence-electron chi connectivity index (χ4n) is 2.21. The lowest BCUT2D eigenvalue weighted by molar-refractivity contribution is 0.569. The number of nitrogens with one attached hydrogen (secondary N) is 1. The van der Waals surface area contributed by atoms with E-state index in [-0.39, 0.29) is 11.9 Å². The van der Waals surface area contributed by atoms with Crippen molar-refractivity contribution in [1.29, 1.82) is 0 Å². The van der Waals surface area contributed by atoms with E-state index in [9.17, 15) is 4.39 Å². The van der Waals surface area contributed by atoms with Crippen molar-refractivity contribution in [2.24, 2.45) is 0 Å². The molecule has 0 saturated carbocycles. The van der Waals surface area contributed by atoms with Crippen molar-refractivity contribution in [3.63, 3.8) is 0 Å². The molecule has 0 saturated heterocycles. The maximum absolute atomic E-state index is 13.2. The molecule has 0 aliphatic carbocycles. The van der Waals surface area contributed by atoms with Gasteiger partial charge in [-0.15, -0.1) is 11.3 Å². The Labute approximate surface area is 97.9 Å². The molecule has 0 amide bonds. The summed E-state index contributed by atoms with van der Waals surface area (Å²) in [6, 6.07) is 9.20. The average molecular weight is 233 g/mol. The van der Waals surface area contributed by atoms with Crippen molar-refractivity contribution in [3.05, 3.63) is 57.5 Å². The molecule has 1 nitrogen and oxygen atoms in total. The van der Waals surface area contributed by atoms with E-state index in [1.165, 1.54) is 16.5 Å². The highest BCUT2D eigenvalue weighted by molar-refractivity contribution is 7.10. The van der Waals surface area contributed by atoms with Gasteiger partial charge in [0.25, 0.3) is 0 Å². The highest BCUT2D eigenvalue weighted by Crippen LogP contribution is 2.32. The summed E-state index contributed by atoms with van der Waals surface area (Å²) in [5, 5.41) is 5.56. The van der Waals surface area contributed by atoms with Crippen molar-refractivity contribution in [1.82, 2.24) is 5.32 Å². The van der Waals surface area contributed by atoms with Crippen LogP contribution in [-0.4, -0.2) is 6.54 Å². The van der Waals surface area contributed by atoms with E-state index in [1.54, 1.807) is 23.5 Å². The predicted octanol–water partition coefficient (Wildman–Crippen LogP) is 3.12. The van der Waals surface area contributed by atoms with E-state index in [4.69, 9.17) is 0 Å². The summed E-state index contributed by atoms with van der Waals surface area (Å²) in [6.07, 6.45) is 1.07. The molecular formula is C13H12FNS. The molecule has 2 aromatic rings. The summed E-state index contributed by atoms with van der Waals surface area (Å²) in [5.74, 6) is -0.164. The molecule has 1 unspecified atom stereocenters. The first-order chi connectivity index (χ1) is 7.84. The first kappa shape index (κ1) is 10.00. The molecule has 2 heterocycles. The number of fused-ring (bicyclic) bond motifs is 1. The summed E-state index contributed by atoms with van der Waals surface area (Å²) in [4.78, 5) is 1.33. The number of halogens is 1. The average Bonchev–Trinajstić information content (AvgIpc) is 2.76. The number of benzene rings is 1. The van der Waals surface area contributed by atoms with Crippen LogP contribution in [0.2, 0.25) is 0 Å². The minimum atomic E-state index is -0.164. The molecule has 3 heteroatoms. The first-order valence-electron chi connectivity index (χ1n) is 5.40. The van der Waals surface area contributed by atoms with Gasteiger partial charge in [0.05, 0.1) is 6.04 Å². The zero-order chi connectivity index (χ0) is 11.0. The van der Waals surface area contributed by atoms with Crippen LogP contribution < -0.4 is 5.32 Å². The van der Waals surface area contributed by atoms with Crippen LogP contribution in [-0.2, 0) is 6.42 Å². The van der Waals surface area contributed by atoms with Gasteiger partial charge in [-0.2, -0.15) is 0 Å².